The van der Waals surface area contributed by atoms with Crippen molar-refractivity contribution in [3.63, 3.8) is 0 Å². The third kappa shape index (κ3) is 4.12. The standard InChI is InChI=1S/C24H34O7/c1-13(11-22(5,26)20-15(3)17(27-8)10-18(25)29-20)19(28-9)14(2)12-23(6)21-24(7,31-21)16(4)30-23/h10-12,16,19,21,26H,1-9H3/b13-11+,14-12+/t16?,19?,21-,22-,23-,24+/m0/s1. The van der Waals surface area contributed by atoms with Gasteiger partial charge in [0.15, 0.2) is 0 Å². The molecule has 7 heteroatoms. The van der Waals surface area contributed by atoms with Gasteiger partial charge in [-0.1, -0.05) is 0 Å². The molecule has 0 aromatic carbocycles. The molecule has 31 heavy (non-hydrogen) atoms. The second-order valence-electron chi connectivity index (χ2n) is 9.25. The quantitative estimate of drug-likeness (QED) is 0.519. The maximum atomic E-state index is 11.9. The number of aliphatic hydroxyl groups is 1. The summed E-state index contributed by atoms with van der Waals surface area (Å²) >= 11 is 0. The van der Waals surface area contributed by atoms with E-state index in [1.807, 2.05) is 33.8 Å². The van der Waals surface area contributed by atoms with Gasteiger partial charge in [-0.25, -0.2) is 4.79 Å². The van der Waals surface area contributed by atoms with Crippen LogP contribution in [0.1, 0.15) is 52.9 Å². The molecule has 2 unspecified atom stereocenters. The number of fused-ring (bicyclic) bond motifs is 1. The fraction of sp³-hybridized carbons (Fsp3) is 0.625. The van der Waals surface area contributed by atoms with E-state index in [1.54, 1.807) is 27.0 Å². The van der Waals surface area contributed by atoms with Crippen molar-refractivity contribution >= 4 is 0 Å². The fourth-order valence-electron chi connectivity index (χ4n) is 4.96. The third-order valence-corrected chi connectivity index (χ3v) is 6.52. The Balaban J connectivity index is 1.92. The van der Waals surface area contributed by atoms with Crippen LogP contribution >= 0.6 is 0 Å². The van der Waals surface area contributed by atoms with Gasteiger partial charge in [0.25, 0.3) is 0 Å². The lowest BCUT2D eigenvalue weighted by Gasteiger charge is -2.28. The van der Waals surface area contributed by atoms with Gasteiger partial charge in [-0.3, -0.25) is 0 Å². The minimum atomic E-state index is -1.54. The molecule has 6 atom stereocenters. The number of ether oxygens (including phenoxy) is 4. The van der Waals surface area contributed by atoms with Crippen molar-refractivity contribution in [2.75, 3.05) is 14.2 Å². The van der Waals surface area contributed by atoms with Gasteiger partial charge in [-0.05, 0) is 71.8 Å². The van der Waals surface area contributed by atoms with Gasteiger partial charge in [0.2, 0.25) is 0 Å². The van der Waals surface area contributed by atoms with Gasteiger partial charge in [0, 0.05) is 12.7 Å². The monoisotopic (exact) mass is 434 g/mol. The van der Waals surface area contributed by atoms with E-state index in [9.17, 15) is 9.90 Å². The van der Waals surface area contributed by atoms with Crippen molar-refractivity contribution in [2.45, 2.75) is 83.6 Å². The molecule has 172 valence electrons. The number of hydrogen-bond acceptors (Lipinski definition) is 7. The van der Waals surface area contributed by atoms with Crippen LogP contribution in [0.5, 0.6) is 5.75 Å². The molecule has 2 saturated heterocycles. The maximum absolute atomic E-state index is 11.9. The molecule has 2 fully saturated rings. The van der Waals surface area contributed by atoms with Crippen LogP contribution in [-0.2, 0) is 19.8 Å². The number of rotatable bonds is 7. The second-order valence-corrected chi connectivity index (χ2v) is 9.25. The fourth-order valence-corrected chi connectivity index (χ4v) is 4.96. The van der Waals surface area contributed by atoms with E-state index in [1.165, 1.54) is 13.2 Å². The minimum absolute atomic E-state index is 0.00329. The van der Waals surface area contributed by atoms with Crippen molar-refractivity contribution in [1.82, 2.24) is 0 Å². The lowest BCUT2D eigenvalue weighted by Crippen LogP contribution is -2.32. The summed E-state index contributed by atoms with van der Waals surface area (Å²) in [7, 11) is 3.08. The average molecular weight is 435 g/mol. The van der Waals surface area contributed by atoms with Gasteiger partial charge < -0.3 is 28.5 Å². The van der Waals surface area contributed by atoms with Crippen LogP contribution in [0.15, 0.2) is 38.6 Å². The summed E-state index contributed by atoms with van der Waals surface area (Å²) in [6.07, 6.45) is 3.29. The van der Waals surface area contributed by atoms with Crippen molar-refractivity contribution in [3.05, 3.63) is 51.1 Å². The molecule has 0 saturated carbocycles. The number of hydrogen-bond donors (Lipinski definition) is 1. The van der Waals surface area contributed by atoms with Crippen molar-refractivity contribution in [2.24, 2.45) is 0 Å². The van der Waals surface area contributed by atoms with Crippen LogP contribution in [0.4, 0.5) is 0 Å². The first-order valence-corrected chi connectivity index (χ1v) is 10.5. The highest BCUT2D eigenvalue weighted by molar-refractivity contribution is 5.38. The van der Waals surface area contributed by atoms with Gasteiger partial charge in [0.1, 0.15) is 34.4 Å². The zero-order chi connectivity index (χ0) is 23.4. The van der Waals surface area contributed by atoms with E-state index in [-0.39, 0.29) is 23.6 Å². The summed E-state index contributed by atoms with van der Waals surface area (Å²) in [5.41, 5.74) is -0.665. The Bertz CT molecular complexity index is 973. The Kier molecular flexibility index (Phi) is 6.04. The molecule has 1 aromatic heterocycles. The van der Waals surface area contributed by atoms with Crippen LogP contribution in [0.25, 0.3) is 0 Å². The lowest BCUT2D eigenvalue weighted by molar-refractivity contribution is -0.0725. The molecule has 7 nitrogen and oxygen atoms in total. The van der Waals surface area contributed by atoms with Crippen molar-refractivity contribution in [3.8, 4) is 5.75 Å². The molecule has 0 radical (unpaired) electrons. The summed E-state index contributed by atoms with van der Waals surface area (Å²) in [5.74, 6) is 0.500. The summed E-state index contributed by atoms with van der Waals surface area (Å²) < 4.78 is 28.4. The highest BCUT2D eigenvalue weighted by atomic mass is 16.7. The minimum Gasteiger partial charge on any atom is -0.496 e. The van der Waals surface area contributed by atoms with E-state index in [2.05, 4.69) is 6.92 Å². The van der Waals surface area contributed by atoms with E-state index >= 15 is 0 Å². The molecule has 3 heterocycles. The molecular formula is C24H34O7. The summed E-state index contributed by atoms with van der Waals surface area (Å²) in [5, 5.41) is 11.2. The molecule has 0 bridgehead atoms. The topological polar surface area (TPSA) is 90.7 Å². The molecule has 1 aromatic rings. The highest BCUT2D eigenvalue weighted by Crippen LogP contribution is 2.55. The molecular weight excluding hydrogens is 400 g/mol. The van der Waals surface area contributed by atoms with Crippen LogP contribution in [0.2, 0.25) is 0 Å². The Hall–Kier alpha value is -1.93. The first-order valence-electron chi connectivity index (χ1n) is 10.5. The lowest BCUT2D eigenvalue weighted by atomic mass is 9.89. The Morgan fingerprint density at radius 1 is 1.26 bits per heavy atom. The molecule has 0 amide bonds. The largest absolute Gasteiger partial charge is 0.496 e. The molecule has 3 rings (SSSR count). The zero-order valence-electron chi connectivity index (χ0n) is 19.9. The summed E-state index contributed by atoms with van der Waals surface area (Å²) in [6, 6.07) is 1.26. The molecule has 1 N–H and O–H groups in total. The first kappa shape index (κ1) is 23.7. The second kappa shape index (κ2) is 7.89. The van der Waals surface area contributed by atoms with Crippen LogP contribution in [-0.4, -0.2) is 48.8 Å². The Morgan fingerprint density at radius 2 is 1.90 bits per heavy atom. The van der Waals surface area contributed by atoms with Gasteiger partial charge in [0.05, 0.1) is 25.4 Å². The van der Waals surface area contributed by atoms with Crippen molar-refractivity contribution < 1.29 is 28.5 Å². The van der Waals surface area contributed by atoms with Crippen LogP contribution in [0, 0.1) is 6.92 Å². The van der Waals surface area contributed by atoms with Crippen LogP contribution < -0.4 is 10.4 Å². The Morgan fingerprint density at radius 3 is 2.39 bits per heavy atom. The van der Waals surface area contributed by atoms with E-state index in [4.69, 9.17) is 23.4 Å². The number of epoxide rings is 1. The molecule has 0 spiro atoms. The average Bonchev–Trinajstić information content (AvgIpc) is 3.33. The molecule has 0 aliphatic carbocycles. The maximum Gasteiger partial charge on any atom is 0.339 e. The van der Waals surface area contributed by atoms with E-state index < -0.39 is 22.9 Å². The van der Waals surface area contributed by atoms with E-state index in [0.717, 1.165) is 11.1 Å². The third-order valence-electron chi connectivity index (χ3n) is 6.52. The molecule has 2 aliphatic rings. The van der Waals surface area contributed by atoms with Gasteiger partial charge in [-0.15, -0.1) is 0 Å². The predicted octanol–water partition coefficient (Wildman–Crippen LogP) is 3.41. The Labute approximate surface area is 183 Å². The zero-order valence-corrected chi connectivity index (χ0v) is 19.9. The normalized spacial score (nSPS) is 33.6. The van der Waals surface area contributed by atoms with E-state index in [0.29, 0.717) is 11.3 Å². The van der Waals surface area contributed by atoms with Crippen molar-refractivity contribution in [1.29, 1.82) is 0 Å². The summed E-state index contributed by atoms with van der Waals surface area (Å²) in [6.45, 7) is 13.2. The highest BCUT2D eigenvalue weighted by Gasteiger charge is 2.71. The molecule has 2 aliphatic heterocycles. The van der Waals surface area contributed by atoms with Crippen LogP contribution in [0.3, 0.4) is 0 Å². The predicted molar refractivity (Wildman–Crippen MR) is 116 cm³/mol. The van der Waals surface area contributed by atoms with Gasteiger partial charge >= 0.3 is 5.63 Å². The van der Waals surface area contributed by atoms with Gasteiger partial charge in [-0.2, -0.15) is 0 Å². The SMILES string of the molecule is COc1cc(=O)oc([C@@](C)(O)/C=C(\C)C(OC)/C(C)=C/[C@]2(C)OC(C)[C@@]3(C)O[C@@H]23)c1C. The smallest absolute Gasteiger partial charge is 0.339 e. The summed E-state index contributed by atoms with van der Waals surface area (Å²) in [4.78, 5) is 11.9. The first-order chi connectivity index (χ1) is 14.3. The number of methoxy groups -OCH3 is 2.